The summed E-state index contributed by atoms with van der Waals surface area (Å²) in [6.45, 7) is 2.07. The normalized spacial score (nSPS) is 11.8. The maximum absolute atomic E-state index is 5.28. The van der Waals surface area contributed by atoms with Crippen LogP contribution >= 0.6 is 11.3 Å². The predicted molar refractivity (Wildman–Crippen MR) is 163 cm³/mol. The van der Waals surface area contributed by atoms with E-state index in [-0.39, 0.29) is 0 Å². The molecule has 6 aromatic carbocycles. The maximum atomic E-state index is 5.28. The zero-order chi connectivity index (χ0) is 25.2. The first-order valence-corrected chi connectivity index (χ1v) is 13.7. The molecular weight excluding hydrogens is 480 g/mol. The second-order valence-electron chi connectivity index (χ2n) is 9.84. The fourth-order valence-corrected chi connectivity index (χ4v) is 6.86. The van der Waals surface area contributed by atoms with Crippen LogP contribution < -0.4 is 0 Å². The lowest BCUT2D eigenvalue weighted by atomic mass is 9.97. The second kappa shape index (κ2) is 8.20. The maximum Gasteiger partial charge on any atom is 0.0979 e. The van der Waals surface area contributed by atoms with Gasteiger partial charge in [0.2, 0.25) is 0 Å². The second-order valence-corrected chi connectivity index (χ2v) is 10.9. The van der Waals surface area contributed by atoms with Crippen LogP contribution in [0.5, 0.6) is 0 Å². The Morgan fingerprint density at radius 3 is 1.79 bits per heavy atom. The molecule has 0 fully saturated rings. The average molecular weight is 503 g/mol. The van der Waals surface area contributed by atoms with E-state index in [1.807, 2.05) is 11.3 Å². The van der Waals surface area contributed by atoms with E-state index in [2.05, 4.69) is 122 Å². The van der Waals surface area contributed by atoms with Crippen molar-refractivity contribution in [2.24, 2.45) is 0 Å². The number of hydrogen-bond donors (Lipinski definition) is 0. The van der Waals surface area contributed by atoms with Crippen molar-refractivity contribution < 1.29 is 0 Å². The van der Waals surface area contributed by atoms with Crippen LogP contribution in [0.25, 0.3) is 75.1 Å². The van der Waals surface area contributed by atoms with Gasteiger partial charge in [-0.25, -0.2) is 9.97 Å². The van der Waals surface area contributed by atoms with E-state index >= 15 is 0 Å². The smallest absolute Gasteiger partial charge is 0.0979 e. The summed E-state index contributed by atoms with van der Waals surface area (Å²) in [5.74, 6) is 0. The van der Waals surface area contributed by atoms with Crippen molar-refractivity contribution in [3.05, 3.63) is 121 Å². The molecule has 8 rings (SSSR count). The third-order valence-corrected chi connectivity index (χ3v) is 8.72. The first kappa shape index (κ1) is 21.5. The molecule has 0 atom stereocenters. The molecule has 2 aromatic heterocycles. The van der Waals surface area contributed by atoms with Crippen LogP contribution in [0, 0.1) is 6.92 Å². The van der Waals surface area contributed by atoms with Gasteiger partial charge in [-0.1, -0.05) is 91.0 Å². The van der Waals surface area contributed by atoms with Gasteiger partial charge in [-0.05, 0) is 53.1 Å². The molecule has 0 unspecified atom stereocenters. The zero-order valence-corrected chi connectivity index (χ0v) is 21.6. The van der Waals surface area contributed by atoms with Crippen molar-refractivity contribution in [2.75, 3.05) is 0 Å². The van der Waals surface area contributed by atoms with E-state index in [9.17, 15) is 0 Å². The Hall–Kier alpha value is -4.60. The number of nitrogens with zero attached hydrogens (tertiary/aromatic N) is 2. The molecule has 0 radical (unpaired) electrons. The SMILES string of the molecule is Cc1nc2c3ccccc3c3ccccc3c2nc1-c1cccc(-c2ccc3sc4ccccc4c3c2)c1. The minimum Gasteiger partial charge on any atom is -0.249 e. The Kier molecular flexibility index (Phi) is 4.64. The Morgan fingerprint density at radius 1 is 0.447 bits per heavy atom. The summed E-state index contributed by atoms with van der Waals surface area (Å²) in [5, 5.41) is 7.35. The van der Waals surface area contributed by atoms with E-state index in [0.29, 0.717) is 0 Å². The summed E-state index contributed by atoms with van der Waals surface area (Å²) >= 11 is 1.85. The van der Waals surface area contributed by atoms with Crippen molar-refractivity contribution in [3.63, 3.8) is 0 Å². The number of rotatable bonds is 2. The molecule has 0 saturated heterocycles. The minimum atomic E-state index is 0.932. The van der Waals surface area contributed by atoms with Gasteiger partial charge in [-0.3, -0.25) is 0 Å². The van der Waals surface area contributed by atoms with Crippen LogP contribution in [-0.2, 0) is 0 Å². The lowest BCUT2D eigenvalue weighted by Gasteiger charge is -2.13. The number of hydrogen-bond acceptors (Lipinski definition) is 3. The lowest BCUT2D eigenvalue weighted by molar-refractivity contribution is 1.20. The van der Waals surface area contributed by atoms with Crippen LogP contribution in [0.15, 0.2) is 115 Å². The standard InChI is InChI=1S/C35H22N2S/c1-21-33(37-35-29-15-5-3-12-26(29)25-11-2-4-14-28(25)34(35)36-21)24-10-8-9-22(19-24)23-17-18-32-30(20-23)27-13-6-7-16-31(27)38-32/h2-20H,1H3. The molecule has 8 aromatic rings. The Bertz CT molecular complexity index is 2210. The highest BCUT2D eigenvalue weighted by Gasteiger charge is 2.15. The van der Waals surface area contributed by atoms with E-state index in [1.165, 1.54) is 42.1 Å². The molecule has 178 valence electrons. The monoisotopic (exact) mass is 502 g/mol. The molecule has 0 N–H and O–H groups in total. The first-order valence-electron chi connectivity index (χ1n) is 12.8. The number of fused-ring (bicyclic) bond motifs is 9. The van der Waals surface area contributed by atoms with Crippen LogP contribution in [-0.4, -0.2) is 9.97 Å². The summed E-state index contributed by atoms with van der Waals surface area (Å²) < 4.78 is 2.65. The molecular formula is C35H22N2S. The van der Waals surface area contributed by atoms with Gasteiger partial charge in [0.25, 0.3) is 0 Å². The molecule has 3 heteroatoms. The molecule has 2 nitrogen and oxygen atoms in total. The fraction of sp³-hybridized carbons (Fsp3) is 0.0286. The van der Waals surface area contributed by atoms with Gasteiger partial charge in [-0.2, -0.15) is 0 Å². The molecule has 0 aliphatic rings. The van der Waals surface area contributed by atoms with Gasteiger partial charge in [0, 0.05) is 36.5 Å². The number of aryl methyl sites for hydroxylation is 1. The third kappa shape index (κ3) is 3.19. The van der Waals surface area contributed by atoms with Crippen LogP contribution in [0.4, 0.5) is 0 Å². The predicted octanol–water partition coefficient (Wildman–Crippen LogP) is 9.95. The fourth-order valence-electron chi connectivity index (χ4n) is 5.77. The average Bonchev–Trinajstić information content (AvgIpc) is 3.35. The van der Waals surface area contributed by atoms with Gasteiger partial charge >= 0.3 is 0 Å². The third-order valence-electron chi connectivity index (χ3n) is 7.57. The van der Waals surface area contributed by atoms with Crippen molar-refractivity contribution in [3.8, 4) is 22.4 Å². The van der Waals surface area contributed by atoms with E-state index in [1.54, 1.807) is 0 Å². The molecule has 0 aliphatic heterocycles. The van der Waals surface area contributed by atoms with Crippen molar-refractivity contribution in [1.82, 2.24) is 9.97 Å². The van der Waals surface area contributed by atoms with Crippen molar-refractivity contribution in [2.45, 2.75) is 6.92 Å². The summed E-state index contributed by atoms with van der Waals surface area (Å²) in [7, 11) is 0. The van der Waals surface area contributed by atoms with Crippen molar-refractivity contribution >= 4 is 64.1 Å². The largest absolute Gasteiger partial charge is 0.249 e. The van der Waals surface area contributed by atoms with Gasteiger partial charge in [0.1, 0.15) is 0 Å². The molecule has 0 aliphatic carbocycles. The quantitative estimate of drug-likeness (QED) is 0.220. The zero-order valence-electron chi connectivity index (χ0n) is 20.8. The first-order chi connectivity index (χ1) is 18.7. The highest BCUT2D eigenvalue weighted by atomic mass is 32.1. The molecule has 0 saturated carbocycles. The molecule has 0 amide bonds. The topological polar surface area (TPSA) is 25.8 Å². The van der Waals surface area contributed by atoms with E-state index in [4.69, 9.17) is 9.97 Å². The summed E-state index contributed by atoms with van der Waals surface area (Å²) in [5.41, 5.74) is 7.27. The summed E-state index contributed by atoms with van der Waals surface area (Å²) in [6, 6.07) is 41.2. The Morgan fingerprint density at radius 2 is 1.03 bits per heavy atom. The summed E-state index contributed by atoms with van der Waals surface area (Å²) in [4.78, 5) is 10.4. The number of aromatic nitrogens is 2. The number of benzene rings is 6. The molecule has 0 bridgehead atoms. The van der Waals surface area contributed by atoms with E-state index < -0.39 is 0 Å². The number of thiophene rings is 1. The minimum absolute atomic E-state index is 0.932. The van der Waals surface area contributed by atoms with Crippen LogP contribution in [0.1, 0.15) is 5.69 Å². The Balaban J connectivity index is 1.33. The van der Waals surface area contributed by atoms with Gasteiger partial charge in [-0.15, -0.1) is 11.3 Å². The highest BCUT2D eigenvalue weighted by molar-refractivity contribution is 7.25. The van der Waals surface area contributed by atoms with Gasteiger partial charge in [0.05, 0.1) is 22.4 Å². The molecule has 38 heavy (non-hydrogen) atoms. The van der Waals surface area contributed by atoms with Gasteiger partial charge in [0.15, 0.2) is 0 Å². The summed E-state index contributed by atoms with van der Waals surface area (Å²) in [6.07, 6.45) is 0. The molecule has 0 spiro atoms. The van der Waals surface area contributed by atoms with Gasteiger partial charge < -0.3 is 0 Å². The van der Waals surface area contributed by atoms with Crippen LogP contribution in [0.2, 0.25) is 0 Å². The molecule has 2 heterocycles. The van der Waals surface area contributed by atoms with Crippen LogP contribution in [0.3, 0.4) is 0 Å². The highest BCUT2D eigenvalue weighted by Crippen LogP contribution is 2.38. The lowest BCUT2D eigenvalue weighted by Crippen LogP contribution is -1.97. The Labute approximate surface area is 223 Å². The van der Waals surface area contributed by atoms with E-state index in [0.717, 1.165) is 38.8 Å². The van der Waals surface area contributed by atoms with Crippen molar-refractivity contribution in [1.29, 1.82) is 0 Å².